The number of aliphatic carboxylic acids is 1. The summed E-state index contributed by atoms with van der Waals surface area (Å²) in [5.41, 5.74) is 1.53. The largest absolute Gasteiger partial charge is 0.493 e. The van der Waals surface area contributed by atoms with Gasteiger partial charge in [0.2, 0.25) is 17.7 Å². The van der Waals surface area contributed by atoms with Crippen molar-refractivity contribution in [1.82, 2.24) is 25.5 Å². The lowest BCUT2D eigenvalue weighted by atomic mass is 10.0. The van der Waals surface area contributed by atoms with Gasteiger partial charge in [-0.1, -0.05) is 44.2 Å². The Labute approximate surface area is 302 Å². The van der Waals surface area contributed by atoms with E-state index in [9.17, 15) is 24.3 Å². The third-order valence-corrected chi connectivity index (χ3v) is 10.5. The first-order valence-corrected chi connectivity index (χ1v) is 18.5. The molecule has 3 aliphatic heterocycles. The molecule has 2 unspecified atom stereocenters. The van der Waals surface area contributed by atoms with E-state index in [-0.39, 0.29) is 24.8 Å². The van der Waals surface area contributed by atoms with E-state index in [0.717, 1.165) is 49.0 Å². The lowest BCUT2D eigenvalue weighted by Crippen LogP contribution is -2.56. The van der Waals surface area contributed by atoms with E-state index in [1.165, 1.54) is 4.90 Å². The first-order chi connectivity index (χ1) is 24.9. The van der Waals surface area contributed by atoms with Gasteiger partial charge in [0.15, 0.2) is 0 Å². The average molecular weight is 714 g/mol. The van der Waals surface area contributed by atoms with Gasteiger partial charge in [0, 0.05) is 18.4 Å². The Morgan fingerprint density at radius 3 is 2.50 bits per heavy atom. The molecule has 3 amide bonds. The Hall–Kier alpha value is -4.94. The van der Waals surface area contributed by atoms with Gasteiger partial charge in [-0.2, -0.15) is 0 Å². The molecule has 276 valence electrons. The Bertz CT molecular complexity index is 1880. The molecule has 5 atom stereocenters. The highest BCUT2D eigenvalue weighted by Crippen LogP contribution is 2.47. The molecule has 13 nitrogen and oxygen atoms in total. The van der Waals surface area contributed by atoms with E-state index < -0.39 is 53.2 Å². The fraction of sp³-hybridized carbons (Fsp3) is 0.538. The number of hydrogen-bond donors (Lipinski definition) is 3. The van der Waals surface area contributed by atoms with Crippen molar-refractivity contribution in [3.05, 3.63) is 48.0 Å². The van der Waals surface area contributed by atoms with Crippen LogP contribution < -0.4 is 20.1 Å². The molecule has 1 saturated carbocycles. The number of amides is 3. The number of carbonyl (C=O) groups excluding carboxylic acids is 3. The van der Waals surface area contributed by atoms with E-state index in [4.69, 9.17) is 24.2 Å². The van der Waals surface area contributed by atoms with Gasteiger partial charge >= 0.3 is 12.1 Å². The highest BCUT2D eigenvalue weighted by atomic mass is 16.6. The van der Waals surface area contributed by atoms with Crippen LogP contribution >= 0.6 is 0 Å². The monoisotopic (exact) mass is 713 g/mol. The maximum Gasteiger partial charge on any atom is 0.408 e. The summed E-state index contributed by atoms with van der Waals surface area (Å²) in [6.45, 7) is 5.86. The number of alkyl carbamates (subject to hydrolysis) is 1. The maximum absolute atomic E-state index is 14.5. The maximum atomic E-state index is 14.5. The normalized spacial score (nSPS) is 26.5. The predicted molar refractivity (Wildman–Crippen MR) is 191 cm³/mol. The molecule has 13 heteroatoms. The van der Waals surface area contributed by atoms with Gasteiger partial charge in [0.05, 0.1) is 24.2 Å². The quantitative estimate of drug-likeness (QED) is 0.321. The molecule has 4 aliphatic rings. The molecule has 2 aromatic carbocycles. The summed E-state index contributed by atoms with van der Waals surface area (Å²) in [4.78, 5) is 65.3. The summed E-state index contributed by atoms with van der Waals surface area (Å²) in [6.07, 6.45) is 5.07. The summed E-state index contributed by atoms with van der Waals surface area (Å²) < 4.78 is 17.8. The van der Waals surface area contributed by atoms with E-state index in [0.29, 0.717) is 49.0 Å². The summed E-state index contributed by atoms with van der Waals surface area (Å²) in [5, 5.41) is 15.9. The fourth-order valence-electron chi connectivity index (χ4n) is 7.75. The van der Waals surface area contributed by atoms with Gasteiger partial charge in [-0.3, -0.25) is 9.59 Å². The van der Waals surface area contributed by atoms with Crippen molar-refractivity contribution in [1.29, 1.82) is 0 Å². The summed E-state index contributed by atoms with van der Waals surface area (Å²) in [7, 11) is 0. The predicted octanol–water partition coefficient (Wildman–Crippen LogP) is 5.18. The molecule has 0 spiro atoms. The Balaban J connectivity index is 1.21. The van der Waals surface area contributed by atoms with Gasteiger partial charge in [-0.25, -0.2) is 19.6 Å². The van der Waals surface area contributed by atoms with Crippen LogP contribution in [-0.4, -0.2) is 86.3 Å². The van der Waals surface area contributed by atoms with Crippen LogP contribution in [0.15, 0.2) is 42.5 Å². The van der Waals surface area contributed by atoms with E-state index in [1.807, 2.05) is 42.5 Å². The molecule has 0 bridgehead atoms. The van der Waals surface area contributed by atoms with Crippen molar-refractivity contribution in [2.75, 3.05) is 13.2 Å². The standard InChI is InChI=1S/C39H47N5O8/c1-38(2,3)52-37(49)42-29-14-8-6-4-5-7-11-25-21-39(25,36(47)48)43-33(45)30-20-26(22-44(30)35(29)46)51-34-32(40-27-12-9-10-13-28(27)41-34)24-15-16-31-23(19-24)17-18-50-31/h9-10,12-13,15-16,19,25-26,29-30H,4-8,11,14,17-18,20-22H2,1-3H3,(H,42,49)(H,43,45)(H,47,48)/t25?,26-,29+,30+,39?/m1/s1. The lowest BCUT2D eigenvalue weighted by molar-refractivity contribution is -0.146. The zero-order valence-corrected chi connectivity index (χ0v) is 30.0. The van der Waals surface area contributed by atoms with Gasteiger partial charge in [0.25, 0.3) is 0 Å². The zero-order chi connectivity index (χ0) is 36.6. The zero-order valence-electron chi connectivity index (χ0n) is 30.0. The number of para-hydroxylation sites is 2. The number of carbonyl (C=O) groups is 4. The molecule has 0 radical (unpaired) electrons. The number of carboxylic acids is 1. The minimum absolute atomic E-state index is 0.0128. The molecule has 2 saturated heterocycles. The Kier molecular flexibility index (Phi) is 9.71. The molecule has 7 rings (SSSR count). The summed E-state index contributed by atoms with van der Waals surface area (Å²) >= 11 is 0. The number of fused-ring (bicyclic) bond motifs is 4. The Morgan fingerprint density at radius 1 is 1.02 bits per heavy atom. The molecule has 52 heavy (non-hydrogen) atoms. The van der Waals surface area contributed by atoms with E-state index >= 15 is 0 Å². The number of carboxylic acid groups (broad SMARTS) is 1. The minimum atomic E-state index is -1.37. The third kappa shape index (κ3) is 7.49. The number of nitrogens with one attached hydrogen (secondary N) is 2. The molecule has 3 N–H and O–H groups in total. The van der Waals surface area contributed by atoms with Crippen LogP contribution in [0.3, 0.4) is 0 Å². The van der Waals surface area contributed by atoms with Crippen molar-refractivity contribution in [3.8, 4) is 22.9 Å². The van der Waals surface area contributed by atoms with Gasteiger partial charge in [0.1, 0.15) is 40.8 Å². The lowest BCUT2D eigenvalue weighted by Gasteiger charge is -2.30. The number of benzene rings is 2. The Morgan fingerprint density at radius 2 is 1.75 bits per heavy atom. The highest BCUT2D eigenvalue weighted by Gasteiger charge is 2.62. The SMILES string of the molecule is CC(C)(C)OC(=O)N[C@H]1CCCCCCCC2CC2(C(=O)O)NC(=O)[C@@H]2C[C@@H](Oc3nc4ccccc4nc3-c3ccc4c(c3)CCO4)CN2C1=O. The topological polar surface area (TPSA) is 169 Å². The molecule has 1 aromatic heterocycles. The van der Waals surface area contributed by atoms with E-state index in [1.54, 1.807) is 20.8 Å². The van der Waals surface area contributed by atoms with Gasteiger partial charge in [-0.15, -0.1) is 0 Å². The molecular formula is C39H47N5O8. The van der Waals surface area contributed by atoms with Crippen LogP contribution in [0.1, 0.15) is 84.1 Å². The molecule has 1 aliphatic carbocycles. The average Bonchev–Trinajstić information content (AvgIpc) is 3.38. The van der Waals surface area contributed by atoms with Crippen molar-refractivity contribution < 1.29 is 38.5 Å². The number of nitrogens with zero attached hydrogens (tertiary/aromatic N) is 3. The number of aromatic nitrogens is 2. The van der Waals surface area contributed by atoms with Crippen molar-refractivity contribution in [3.63, 3.8) is 0 Å². The van der Waals surface area contributed by atoms with Gasteiger partial charge < -0.3 is 34.9 Å². The summed E-state index contributed by atoms with van der Waals surface area (Å²) in [6, 6.07) is 11.3. The molecular weight excluding hydrogens is 666 g/mol. The minimum Gasteiger partial charge on any atom is -0.493 e. The number of ether oxygens (including phenoxy) is 3. The second-order valence-electron chi connectivity index (χ2n) is 15.5. The second-order valence-corrected chi connectivity index (χ2v) is 15.5. The fourth-order valence-corrected chi connectivity index (χ4v) is 7.75. The number of rotatable bonds is 5. The van der Waals surface area contributed by atoms with Crippen molar-refractivity contribution in [2.24, 2.45) is 5.92 Å². The van der Waals surface area contributed by atoms with Crippen LogP contribution in [0, 0.1) is 5.92 Å². The number of hydrogen-bond acceptors (Lipinski definition) is 9. The summed E-state index contributed by atoms with van der Waals surface area (Å²) in [5.74, 6) is -1.17. The first kappa shape index (κ1) is 35.5. The second kappa shape index (κ2) is 14.2. The van der Waals surface area contributed by atoms with Crippen LogP contribution in [-0.2, 0) is 25.5 Å². The smallest absolute Gasteiger partial charge is 0.408 e. The highest BCUT2D eigenvalue weighted by molar-refractivity contribution is 5.96. The molecule has 4 heterocycles. The van der Waals surface area contributed by atoms with Crippen LogP contribution in [0.2, 0.25) is 0 Å². The van der Waals surface area contributed by atoms with Crippen molar-refractivity contribution >= 4 is 34.9 Å². The van der Waals surface area contributed by atoms with Crippen LogP contribution in [0.4, 0.5) is 4.79 Å². The van der Waals surface area contributed by atoms with Crippen LogP contribution in [0.5, 0.6) is 11.6 Å². The molecule has 3 aromatic rings. The van der Waals surface area contributed by atoms with Crippen molar-refractivity contribution in [2.45, 2.75) is 114 Å². The van der Waals surface area contributed by atoms with Gasteiger partial charge in [-0.05, 0) is 81.8 Å². The van der Waals surface area contributed by atoms with Crippen LogP contribution in [0.25, 0.3) is 22.3 Å². The third-order valence-electron chi connectivity index (χ3n) is 10.5. The van der Waals surface area contributed by atoms with E-state index in [2.05, 4.69) is 10.6 Å². The molecule has 3 fully saturated rings. The first-order valence-electron chi connectivity index (χ1n) is 18.5.